The minimum Gasteiger partial charge on any atom is -0.506 e. The molecule has 7 heteroatoms. The van der Waals surface area contributed by atoms with Gasteiger partial charge in [0, 0.05) is 0 Å². The van der Waals surface area contributed by atoms with E-state index in [0.717, 1.165) is 0 Å². The highest BCUT2D eigenvalue weighted by atomic mass is 79.9. The fraction of sp³-hybridized carbons (Fsp3) is 0. The SMILES string of the molecule is NOC(=O)c1coc2cc(Br)c(O)c(Br)c12. The zero-order valence-electron chi connectivity index (χ0n) is 7.66. The molecule has 0 atom stereocenters. The summed E-state index contributed by atoms with van der Waals surface area (Å²) in [6.07, 6.45) is 1.22. The molecule has 0 amide bonds. The van der Waals surface area contributed by atoms with Crippen molar-refractivity contribution in [1.29, 1.82) is 0 Å². The fourth-order valence-electron chi connectivity index (χ4n) is 1.33. The molecule has 3 N–H and O–H groups in total. The molecule has 0 saturated heterocycles. The van der Waals surface area contributed by atoms with E-state index in [1.54, 1.807) is 6.07 Å². The van der Waals surface area contributed by atoms with Crippen LogP contribution in [0.1, 0.15) is 10.4 Å². The number of phenolic OH excluding ortho intramolecular Hbond substituents is 1. The Balaban J connectivity index is 2.81. The van der Waals surface area contributed by atoms with Gasteiger partial charge in [-0.05, 0) is 37.9 Å². The summed E-state index contributed by atoms with van der Waals surface area (Å²) in [4.78, 5) is 15.4. The molecule has 0 spiro atoms. The summed E-state index contributed by atoms with van der Waals surface area (Å²) in [6, 6.07) is 1.54. The second-order valence-electron chi connectivity index (χ2n) is 2.95. The minimum atomic E-state index is -0.735. The average molecular weight is 351 g/mol. The van der Waals surface area contributed by atoms with Gasteiger partial charge in [-0.3, -0.25) is 0 Å². The number of nitrogens with two attached hydrogens (primary N) is 1. The molecule has 0 aliphatic heterocycles. The lowest BCUT2D eigenvalue weighted by Crippen LogP contribution is -2.09. The lowest BCUT2D eigenvalue weighted by atomic mass is 10.2. The van der Waals surface area contributed by atoms with Gasteiger partial charge in [0.1, 0.15) is 23.2 Å². The Bertz CT molecular complexity index is 578. The van der Waals surface area contributed by atoms with Gasteiger partial charge in [0.05, 0.1) is 14.3 Å². The first-order valence-electron chi connectivity index (χ1n) is 4.05. The number of aromatic hydroxyl groups is 1. The number of carbonyl (C=O) groups is 1. The van der Waals surface area contributed by atoms with Gasteiger partial charge in [0.15, 0.2) is 0 Å². The first-order chi connectivity index (χ1) is 7.56. The van der Waals surface area contributed by atoms with Crippen molar-refractivity contribution in [2.75, 3.05) is 0 Å². The van der Waals surface area contributed by atoms with Crippen molar-refractivity contribution in [2.45, 2.75) is 0 Å². The first-order valence-corrected chi connectivity index (χ1v) is 5.64. The van der Waals surface area contributed by atoms with Gasteiger partial charge < -0.3 is 14.4 Å². The molecule has 0 unspecified atom stereocenters. The Labute approximate surface area is 106 Å². The van der Waals surface area contributed by atoms with E-state index < -0.39 is 5.97 Å². The van der Waals surface area contributed by atoms with Crippen molar-refractivity contribution in [2.24, 2.45) is 5.90 Å². The van der Waals surface area contributed by atoms with Crippen LogP contribution < -0.4 is 5.90 Å². The summed E-state index contributed by atoms with van der Waals surface area (Å²) in [5.41, 5.74) is 0.573. The van der Waals surface area contributed by atoms with Crippen LogP contribution in [-0.2, 0) is 4.84 Å². The van der Waals surface area contributed by atoms with E-state index in [-0.39, 0.29) is 11.3 Å². The van der Waals surface area contributed by atoms with E-state index in [0.29, 0.717) is 19.9 Å². The van der Waals surface area contributed by atoms with Crippen LogP contribution in [0.25, 0.3) is 11.0 Å². The number of carbonyl (C=O) groups excluding carboxylic acids is 1. The summed E-state index contributed by atoms with van der Waals surface area (Å²) >= 11 is 6.32. The van der Waals surface area contributed by atoms with E-state index in [2.05, 4.69) is 36.7 Å². The van der Waals surface area contributed by atoms with Gasteiger partial charge in [-0.15, -0.1) is 0 Å². The van der Waals surface area contributed by atoms with Crippen LogP contribution in [0.5, 0.6) is 5.75 Å². The summed E-state index contributed by atoms with van der Waals surface area (Å²) in [6.45, 7) is 0. The second kappa shape index (κ2) is 4.08. The van der Waals surface area contributed by atoms with Crippen LogP contribution in [-0.4, -0.2) is 11.1 Å². The smallest absolute Gasteiger partial charge is 0.360 e. The number of fused-ring (bicyclic) bond motifs is 1. The largest absolute Gasteiger partial charge is 0.506 e. The van der Waals surface area contributed by atoms with Crippen molar-refractivity contribution in [3.8, 4) is 5.75 Å². The van der Waals surface area contributed by atoms with Crippen molar-refractivity contribution in [3.05, 3.63) is 26.8 Å². The summed E-state index contributed by atoms with van der Waals surface area (Å²) in [7, 11) is 0. The molecule has 16 heavy (non-hydrogen) atoms. The number of halogens is 2. The lowest BCUT2D eigenvalue weighted by Gasteiger charge is -2.02. The molecule has 2 rings (SSSR count). The van der Waals surface area contributed by atoms with Crippen LogP contribution in [0.4, 0.5) is 0 Å². The van der Waals surface area contributed by atoms with Crippen molar-refractivity contribution < 1.29 is 19.2 Å². The van der Waals surface area contributed by atoms with E-state index in [9.17, 15) is 9.90 Å². The molecule has 0 bridgehead atoms. The molecule has 2 aromatic rings. The Morgan fingerprint density at radius 2 is 2.19 bits per heavy atom. The standard InChI is InChI=1S/C9H5Br2NO4/c10-4-1-5-6(7(11)8(4)13)3(2-15-5)9(14)16-12/h1-2,13H,12H2. The van der Waals surface area contributed by atoms with Gasteiger partial charge in [-0.2, -0.15) is 5.90 Å². The molecular formula is C9H5Br2NO4. The van der Waals surface area contributed by atoms with Crippen molar-refractivity contribution in [1.82, 2.24) is 0 Å². The van der Waals surface area contributed by atoms with E-state index in [4.69, 9.17) is 10.3 Å². The molecule has 5 nitrogen and oxygen atoms in total. The Kier molecular flexibility index (Phi) is 2.92. The molecule has 0 aliphatic rings. The molecule has 0 aliphatic carbocycles. The molecule has 1 aromatic carbocycles. The monoisotopic (exact) mass is 349 g/mol. The van der Waals surface area contributed by atoms with Crippen molar-refractivity contribution >= 4 is 48.8 Å². The number of rotatable bonds is 1. The topological polar surface area (TPSA) is 85.7 Å². The molecule has 84 valence electrons. The van der Waals surface area contributed by atoms with Gasteiger partial charge in [-0.25, -0.2) is 4.79 Å². The maximum absolute atomic E-state index is 11.3. The summed E-state index contributed by atoms with van der Waals surface area (Å²) in [5.74, 6) is 4.03. The third-order valence-corrected chi connectivity index (χ3v) is 3.43. The maximum Gasteiger partial charge on any atom is 0.360 e. The van der Waals surface area contributed by atoms with Crippen molar-refractivity contribution in [3.63, 3.8) is 0 Å². The molecule has 1 heterocycles. The molecule has 0 saturated carbocycles. The molecule has 0 radical (unpaired) electrons. The normalized spacial score (nSPS) is 10.7. The number of hydrogen-bond acceptors (Lipinski definition) is 5. The Morgan fingerprint density at radius 3 is 2.81 bits per heavy atom. The molecule has 0 fully saturated rings. The highest BCUT2D eigenvalue weighted by Crippen LogP contribution is 2.40. The Hall–Kier alpha value is -1.05. The molecular weight excluding hydrogens is 346 g/mol. The Morgan fingerprint density at radius 1 is 1.50 bits per heavy atom. The van der Waals surface area contributed by atoms with Crippen LogP contribution in [0.15, 0.2) is 25.7 Å². The number of benzene rings is 1. The van der Waals surface area contributed by atoms with Crippen LogP contribution in [0.3, 0.4) is 0 Å². The third-order valence-electron chi connectivity index (χ3n) is 2.06. The van der Waals surface area contributed by atoms with Gasteiger partial charge in [0.2, 0.25) is 0 Å². The summed E-state index contributed by atoms with van der Waals surface area (Å²) in [5, 5.41) is 10.1. The zero-order chi connectivity index (χ0) is 11.9. The van der Waals surface area contributed by atoms with Gasteiger partial charge >= 0.3 is 5.97 Å². The van der Waals surface area contributed by atoms with Crippen LogP contribution in [0.2, 0.25) is 0 Å². The predicted molar refractivity (Wildman–Crippen MR) is 62.9 cm³/mol. The highest BCUT2D eigenvalue weighted by Gasteiger charge is 2.20. The third kappa shape index (κ3) is 1.60. The lowest BCUT2D eigenvalue weighted by molar-refractivity contribution is 0.0504. The van der Waals surface area contributed by atoms with Crippen LogP contribution >= 0.6 is 31.9 Å². The van der Waals surface area contributed by atoms with E-state index in [1.807, 2.05) is 0 Å². The zero-order valence-corrected chi connectivity index (χ0v) is 10.8. The van der Waals surface area contributed by atoms with E-state index >= 15 is 0 Å². The molecule has 1 aromatic heterocycles. The number of furan rings is 1. The van der Waals surface area contributed by atoms with E-state index in [1.165, 1.54) is 6.26 Å². The average Bonchev–Trinajstić information content (AvgIpc) is 2.68. The maximum atomic E-state index is 11.3. The summed E-state index contributed by atoms with van der Waals surface area (Å²) < 4.78 is 5.95. The highest BCUT2D eigenvalue weighted by molar-refractivity contribution is 9.11. The quantitative estimate of drug-likeness (QED) is 0.772. The number of hydrogen-bond donors (Lipinski definition) is 2. The predicted octanol–water partition coefficient (Wildman–Crippen LogP) is 2.69. The first kappa shape index (κ1) is 11.4. The van der Waals surface area contributed by atoms with Crippen LogP contribution in [0, 0.1) is 0 Å². The van der Waals surface area contributed by atoms with Gasteiger partial charge in [0.25, 0.3) is 0 Å². The minimum absolute atomic E-state index is 0.0278. The number of phenols is 1. The van der Waals surface area contributed by atoms with Gasteiger partial charge in [-0.1, -0.05) is 0 Å². The fourth-order valence-corrected chi connectivity index (χ4v) is 2.62. The second-order valence-corrected chi connectivity index (χ2v) is 4.60.